The standard InChI is InChI=1S/C10H7BrF3NOS/c11-6-2-1-4(9(16)10(12,13)14)8-5(6)3-7(17)15-8/h1-2,9,16H,3H2,(H,15,17). The molecule has 1 heterocycles. The Morgan fingerprint density at radius 1 is 1.41 bits per heavy atom. The monoisotopic (exact) mass is 325 g/mol. The summed E-state index contributed by atoms with van der Waals surface area (Å²) in [6.07, 6.45) is -6.85. The lowest BCUT2D eigenvalue weighted by molar-refractivity contribution is -0.206. The molecule has 0 aliphatic carbocycles. The Balaban J connectivity index is 2.54. The average molecular weight is 326 g/mol. The van der Waals surface area contributed by atoms with E-state index in [2.05, 4.69) is 33.6 Å². The molecule has 2 nitrogen and oxygen atoms in total. The Bertz CT molecular complexity index is 501. The fourth-order valence-electron chi connectivity index (χ4n) is 1.65. The first-order valence-corrected chi connectivity index (χ1v) is 5.87. The van der Waals surface area contributed by atoms with Crippen LogP contribution in [0.15, 0.2) is 21.6 Å². The molecule has 17 heavy (non-hydrogen) atoms. The van der Waals surface area contributed by atoms with Gasteiger partial charge in [-0.2, -0.15) is 13.2 Å². The van der Waals surface area contributed by atoms with Gasteiger partial charge in [0.05, 0.1) is 10.7 Å². The second kappa shape index (κ2) is 4.29. The number of nitrogens with zero attached hydrogens (tertiary/aromatic N) is 1. The maximum atomic E-state index is 12.5. The lowest BCUT2D eigenvalue weighted by atomic mass is 10.0. The highest BCUT2D eigenvalue weighted by Crippen LogP contribution is 2.43. The van der Waals surface area contributed by atoms with Crippen molar-refractivity contribution in [1.29, 1.82) is 0 Å². The van der Waals surface area contributed by atoms with Crippen LogP contribution in [0.4, 0.5) is 18.9 Å². The van der Waals surface area contributed by atoms with Gasteiger partial charge < -0.3 is 5.11 Å². The summed E-state index contributed by atoms with van der Waals surface area (Å²) in [5.41, 5.74) is 0.546. The van der Waals surface area contributed by atoms with E-state index < -0.39 is 12.3 Å². The number of rotatable bonds is 1. The minimum Gasteiger partial charge on any atom is -0.379 e. The van der Waals surface area contributed by atoms with Crippen LogP contribution >= 0.6 is 28.6 Å². The molecule has 0 amide bonds. The van der Waals surface area contributed by atoms with E-state index in [0.717, 1.165) is 0 Å². The highest BCUT2D eigenvalue weighted by Gasteiger charge is 2.41. The number of benzene rings is 1. The number of hydrogen-bond acceptors (Lipinski definition) is 2. The van der Waals surface area contributed by atoms with Crippen LogP contribution in [0.1, 0.15) is 17.2 Å². The number of hydrogen-bond donors (Lipinski definition) is 2. The molecule has 7 heteroatoms. The quantitative estimate of drug-likeness (QED) is 0.760. The van der Waals surface area contributed by atoms with Crippen LogP contribution in [0.25, 0.3) is 0 Å². The van der Waals surface area contributed by atoms with Crippen LogP contribution in [0, 0.1) is 0 Å². The summed E-state index contributed by atoms with van der Waals surface area (Å²) in [6, 6.07) is 2.70. The van der Waals surface area contributed by atoms with Crippen molar-refractivity contribution >= 4 is 39.3 Å². The summed E-state index contributed by atoms with van der Waals surface area (Å²) in [5, 5.41) is 9.70. The van der Waals surface area contributed by atoms with Crippen molar-refractivity contribution < 1.29 is 18.3 Å². The Morgan fingerprint density at radius 3 is 2.65 bits per heavy atom. The van der Waals surface area contributed by atoms with Crippen LogP contribution in [0.3, 0.4) is 0 Å². The van der Waals surface area contributed by atoms with Gasteiger partial charge in [0.2, 0.25) is 0 Å². The van der Waals surface area contributed by atoms with Crippen LogP contribution in [-0.2, 0) is 6.42 Å². The molecule has 1 unspecified atom stereocenters. The second-order valence-electron chi connectivity index (χ2n) is 3.61. The molecule has 1 aliphatic rings. The number of halogens is 4. The summed E-state index contributed by atoms with van der Waals surface area (Å²) >= 11 is 7.28. The van der Waals surface area contributed by atoms with E-state index >= 15 is 0 Å². The van der Waals surface area contributed by atoms with E-state index in [4.69, 9.17) is 0 Å². The smallest absolute Gasteiger partial charge is 0.379 e. The number of alkyl halides is 3. The van der Waals surface area contributed by atoms with Gasteiger partial charge in [-0.3, -0.25) is 0 Å². The summed E-state index contributed by atoms with van der Waals surface area (Å²) in [4.78, 5) is 3.94. The third-order valence-electron chi connectivity index (χ3n) is 2.44. The van der Waals surface area contributed by atoms with Gasteiger partial charge in [0.15, 0.2) is 6.10 Å². The van der Waals surface area contributed by atoms with Crippen molar-refractivity contribution in [3.63, 3.8) is 0 Å². The molecule has 1 aromatic carbocycles. The van der Waals surface area contributed by atoms with E-state index in [1.807, 2.05) is 0 Å². The average Bonchev–Trinajstić information content (AvgIpc) is 2.59. The zero-order chi connectivity index (χ0) is 12.8. The first kappa shape index (κ1) is 12.9. The molecule has 92 valence electrons. The minimum absolute atomic E-state index is 0.161. The van der Waals surface area contributed by atoms with Crippen LogP contribution in [0.5, 0.6) is 0 Å². The van der Waals surface area contributed by atoms with Crippen molar-refractivity contribution in [3.05, 3.63) is 27.7 Å². The molecule has 1 N–H and O–H groups in total. The Morgan fingerprint density at radius 2 is 2.06 bits per heavy atom. The van der Waals surface area contributed by atoms with Gasteiger partial charge in [-0.25, -0.2) is 4.99 Å². The van der Waals surface area contributed by atoms with E-state index in [9.17, 15) is 18.3 Å². The van der Waals surface area contributed by atoms with Crippen molar-refractivity contribution in [3.8, 4) is 0 Å². The topological polar surface area (TPSA) is 32.6 Å². The normalized spacial score (nSPS) is 16.7. The first-order chi connectivity index (χ1) is 7.80. The molecule has 0 fully saturated rings. The summed E-state index contributed by atoms with van der Waals surface area (Å²) < 4.78 is 38.1. The van der Waals surface area contributed by atoms with E-state index in [-0.39, 0.29) is 11.3 Å². The number of aliphatic hydroxyl groups is 1. The summed E-state index contributed by atoms with van der Waals surface area (Å²) in [5.74, 6) is 0. The summed E-state index contributed by atoms with van der Waals surface area (Å²) in [6.45, 7) is 0. The zero-order valence-electron chi connectivity index (χ0n) is 8.29. The number of thiol groups is 1. The third kappa shape index (κ3) is 2.36. The van der Waals surface area contributed by atoms with Crippen molar-refractivity contribution in [2.75, 3.05) is 0 Å². The molecule has 0 saturated heterocycles. The fraction of sp³-hybridized carbons (Fsp3) is 0.300. The molecule has 0 bridgehead atoms. The number of aliphatic imine (C=N–C) groups is 1. The molecule has 1 aliphatic heterocycles. The van der Waals surface area contributed by atoms with E-state index in [1.54, 1.807) is 0 Å². The second-order valence-corrected chi connectivity index (χ2v) is 4.98. The molecular formula is C10H7BrF3NOS. The highest BCUT2D eigenvalue weighted by molar-refractivity contribution is 9.10. The van der Waals surface area contributed by atoms with Gasteiger partial charge in [0.25, 0.3) is 0 Å². The van der Waals surface area contributed by atoms with Gasteiger partial charge in [0.1, 0.15) is 0 Å². The predicted octanol–water partition coefficient (Wildman–Crippen LogP) is 3.56. The van der Waals surface area contributed by atoms with E-state index in [0.29, 0.717) is 21.5 Å². The minimum atomic E-state index is -4.70. The SMILES string of the molecule is OC(c1ccc(Br)c2c1N=C(S)C2)C(F)(F)F. The van der Waals surface area contributed by atoms with Crippen LogP contribution < -0.4 is 0 Å². The molecule has 0 saturated carbocycles. The van der Waals surface area contributed by atoms with Gasteiger partial charge in [-0.1, -0.05) is 22.0 Å². The fourth-order valence-corrected chi connectivity index (χ4v) is 2.37. The largest absolute Gasteiger partial charge is 0.418 e. The number of aliphatic hydroxyl groups excluding tert-OH is 1. The maximum absolute atomic E-state index is 12.5. The lowest BCUT2D eigenvalue weighted by Gasteiger charge is -2.17. The zero-order valence-corrected chi connectivity index (χ0v) is 10.8. The van der Waals surface area contributed by atoms with Crippen molar-refractivity contribution in [1.82, 2.24) is 0 Å². The van der Waals surface area contributed by atoms with Gasteiger partial charge in [-0.05, 0) is 11.6 Å². The Hall–Kier alpha value is -0.530. The van der Waals surface area contributed by atoms with Crippen LogP contribution in [-0.4, -0.2) is 16.3 Å². The molecule has 0 spiro atoms. The van der Waals surface area contributed by atoms with Crippen LogP contribution in [0.2, 0.25) is 0 Å². The highest BCUT2D eigenvalue weighted by atomic mass is 79.9. The lowest BCUT2D eigenvalue weighted by Crippen LogP contribution is -2.20. The Kier molecular flexibility index (Phi) is 3.26. The Labute approximate surface area is 109 Å². The molecule has 0 aromatic heterocycles. The van der Waals surface area contributed by atoms with Gasteiger partial charge in [0, 0.05) is 16.5 Å². The molecule has 2 rings (SSSR count). The van der Waals surface area contributed by atoms with E-state index in [1.165, 1.54) is 12.1 Å². The summed E-state index contributed by atoms with van der Waals surface area (Å²) in [7, 11) is 0. The first-order valence-electron chi connectivity index (χ1n) is 4.63. The molecule has 1 aromatic rings. The molecular weight excluding hydrogens is 319 g/mol. The molecule has 0 radical (unpaired) electrons. The number of fused-ring (bicyclic) bond motifs is 1. The maximum Gasteiger partial charge on any atom is 0.418 e. The van der Waals surface area contributed by atoms with Gasteiger partial charge >= 0.3 is 6.18 Å². The van der Waals surface area contributed by atoms with Crippen molar-refractivity contribution in [2.45, 2.75) is 18.7 Å². The molecule has 1 atom stereocenters. The predicted molar refractivity (Wildman–Crippen MR) is 64.9 cm³/mol. The van der Waals surface area contributed by atoms with Crippen molar-refractivity contribution in [2.24, 2.45) is 4.99 Å². The van der Waals surface area contributed by atoms with Gasteiger partial charge in [-0.15, -0.1) is 12.6 Å². The third-order valence-corrected chi connectivity index (χ3v) is 3.44.